The van der Waals surface area contributed by atoms with Crippen molar-refractivity contribution in [3.05, 3.63) is 22.7 Å². The fraction of sp³-hybridized carbons (Fsp3) is 0.200. The quantitative estimate of drug-likeness (QED) is 0.669. The molecule has 0 N–H and O–H groups in total. The second kappa shape index (κ2) is 2.78. The van der Waals surface area contributed by atoms with Crippen LogP contribution in [0.25, 0.3) is 10.2 Å². The Hall–Kier alpha value is -1.42. The van der Waals surface area contributed by atoms with E-state index >= 15 is 0 Å². The van der Waals surface area contributed by atoms with Crippen molar-refractivity contribution in [3.8, 4) is 5.75 Å². The summed E-state index contributed by atoms with van der Waals surface area (Å²) in [6.45, 7) is 0.725. The van der Waals surface area contributed by atoms with E-state index in [4.69, 9.17) is 4.74 Å². The maximum Gasteiger partial charge on any atom is 0.178 e. The Morgan fingerprint density at radius 2 is 2.43 bits per heavy atom. The number of carbonyl (C=O) groups excluding carboxylic acids is 1. The number of thiazole rings is 1. The molecule has 3 rings (SSSR count). The topological polar surface area (TPSA) is 39.2 Å². The molecule has 70 valence electrons. The van der Waals surface area contributed by atoms with Gasteiger partial charge < -0.3 is 4.74 Å². The minimum atomic E-state index is 0.542. The van der Waals surface area contributed by atoms with Crippen molar-refractivity contribution < 1.29 is 9.53 Å². The lowest BCUT2D eigenvalue weighted by molar-refractivity contribution is 0.112. The number of rotatable bonds is 1. The monoisotopic (exact) mass is 205 g/mol. The van der Waals surface area contributed by atoms with Crippen molar-refractivity contribution >= 4 is 27.8 Å². The maximum atomic E-state index is 10.6. The Kier molecular flexibility index (Phi) is 1.58. The molecule has 0 spiro atoms. The minimum absolute atomic E-state index is 0.542. The Morgan fingerprint density at radius 3 is 3.29 bits per heavy atom. The molecule has 3 nitrogen and oxygen atoms in total. The Labute approximate surface area is 84.3 Å². The van der Waals surface area contributed by atoms with Gasteiger partial charge in [-0.1, -0.05) is 0 Å². The molecule has 2 aromatic rings. The molecular formula is C10H7NO2S. The summed E-state index contributed by atoms with van der Waals surface area (Å²) in [6.07, 6.45) is 1.70. The van der Waals surface area contributed by atoms with Gasteiger partial charge in [0.05, 0.1) is 16.8 Å². The fourth-order valence-electron chi connectivity index (χ4n) is 1.74. The molecule has 0 atom stereocenters. The van der Waals surface area contributed by atoms with Gasteiger partial charge in [0.15, 0.2) is 11.3 Å². The minimum Gasteiger partial charge on any atom is -0.493 e. The highest BCUT2D eigenvalue weighted by Crippen LogP contribution is 2.34. The van der Waals surface area contributed by atoms with Crippen LogP contribution in [0.1, 0.15) is 15.4 Å². The molecular weight excluding hydrogens is 198 g/mol. The van der Waals surface area contributed by atoms with Gasteiger partial charge in [0.25, 0.3) is 0 Å². The summed E-state index contributed by atoms with van der Waals surface area (Å²) < 4.78 is 6.49. The van der Waals surface area contributed by atoms with E-state index in [-0.39, 0.29) is 0 Å². The van der Waals surface area contributed by atoms with Crippen LogP contribution in [0.15, 0.2) is 12.1 Å². The van der Waals surface area contributed by atoms with Crippen LogP contribution in [-0.4, -0.2) is 17.9 Å². The standard InChI is InChI=1S/C10H7NO2S/c12-5-9-11-10-6-3-4-13-7(6)1-2-8(10)14-9/h1-2,5H,3-4H2. The van der Waals surface area contributed by atoms with Crippen LogP contribution < -0.4 is 4.74 Å². The first-order valence-corrected chi connectivity index (χ1v) is 5.20. The van der Waals surface area contributed by atoms with Gasteiger partial charge in [-0.05, 0) is 12.1 Å². The molecule has 0 radical (unpaired) electrons. The van der Waals surface area contributed by atoms with Gasteiger partial charge in [0.2, 0.25) is 0 Å². The number of hydrogen-bond acceptors (Lipinski definition) is 4. The third-order valence-electron chi connectivity index (χ3n) is 2.35. The van der Waals surface area contributed by atoms with Gasteiger partial charge in [-0.3, -0.25) is 4.79 Å². The molecule has 0 unspecified atom stereocenters. The Morgan fingerprint density at radius 1 is 1.50 bits per heavy atom. The molecule has 0 saturated heterocycles. The van der Waals surface area contributed by atoms with E-state index in [1.54, 1.807) is 0 Å². The zero-order valence-corrected chi connectivity index (χ0v) is 8.13. The first-order valence-electron chi connectivity index (χ1n) is 4.39. The van der Waals surface area contributed by atoms with E-state index in [1.165, 1.54) is 11.3 Å². The van der Waals surface area contributed by atoms with Crippen LogP contribution in [-0.2, 0) is 6.42 Å². The molecule has 1 aromatic carbocycles. The van der Waals surface area contributed by atoms with E-state index in [0.29, 0.717) is 5.01 Å². The first kappa shape index (κ1) is 7.94. The van der Waals surface area contributed by atoms with Crippen LogP contribution in [0.3, 0.4) is 0 Å². The summed E-state index contributed by atoms with van der Waals surface area (Å²) in [5.41, 5.74) is 2.08. The molecule has 1 aromatic heterocycles. The normalized spacial score (nSPS) is 14.0. The average Bonchev–Trinajstić information content (AvgIpc) is 2.82. The summed E-state index contributed by atoms with van der Waals surface area (Å²) in [6, 6.07) is 3.92. The van der Waals surface area contributed by atoms with Gasteiger partial charge in [-0.15, -0.1) is 11.3 Å². The second-order valence-electron chi connectivity index (χ2n) is 3.16. The SMILES string of the molecule is O=Cc1nc2c3c(ccc2s1)OCC3. The van der Waals surface area contributed by atoms with Crippen LogP contribution in [0.5, 0.6) is 5.75 Å². The second-order valence-corrected chi connectivity index (χ2v) is 4.22. The van der Waals surface area contributed by atoms with E-state index < -0.39 is 0 Å². The number of aromatic nitrogens is 1. The largest absolute Gasteiger partial charge is 0.493 e. The number of benzene rings is 1. The van der Waals surface area contributed by atoms with Gasteiger partial charge >= 0.3 is 0 Å². The van der Waals surface area contributed by atoms with Crippen molar-refractivity contribution in [1.29, 1.82) is 0 Å². The summed E-state index contributed by atoms with van der Waals surface area (Å²) in [7, 11) is 0. The molecule has 0 amide bonds. The lowest BCUT2D eigenvalue weighted by Crippen LogP contribution is -1.86. The predicted octanol–water partition coefficient (Wildman–Crippen LogP) is 2.04. The predicted molar refractivity (Wildman–Crippen MR) is 54.2 cm³/mol. The van der Waals surface area contributed by atoms with Crippen molar-refractivity contribution in [1.82, 2.24) is 4.98 Å². The Balaban J connectivity index is 2.36. The number of fused-ring (bicyclic) bond motifs is 3. The van der Waals surface area contributed by atoms with Crippen LogP contribution in [0, 0.1) is 0 Å². The van der Waals surface area contributed by atoms with E-state index in [1.807, 2.05) is 12.1 Å². The highest BCUT2D eigenvalue weighted by atomic mass is 32.1. The third kappa shape index (κ3) is 0.974. The van der Waals surface area contributed by atoms with Crippen molar-refractivity contribution in [2.45, 2.75) is 6.42 Å². The number of hydrogen-bond donors (Lipinski definition) is 0. The van der Waals surface area contributed by atoms with Gasteiger partial charge in [0, 0.05) is 12.0 Å². The van der Waals surface area contributed by atoms with E-state index in [0.717, 1.165) is 40.8 Å². The molecule has 0 bridgehead atoms. The third-order valence-corrected chi connectivity index (χ3v) is 3.30. The molecule has 0 saturated carbocycles. The van der Waals surface area contributed by atoms with E-state index in [9.17, 15) is 4.79 Å². The number of aldehydes is 1. The fourth-order valence-corrected chi connectivity index (χ4v) is 2.55. The summed E-state index contributed by atoms with van der Waals surface area (Å²) in [5.74, 6) is 0.917. The highest BCUT2D eigenvalue weighted by Gasteiger charge is 2.17. The average molecular weight is 205 g/mol. The summed E-state index contributed by atoms with van der Waals surface area (Å²) >= 11 is 1.43. The summed E-state index contributed by atoms with van der Waals surface area (Å²) in [5, 5.41) is 0.542. The molecule has 0 aliphatic carbocycles. The first-order chi connectivity index (χ1) is 6.88. The highest BCUT2D eigenvalue weighted by molar-refractivity contribution is 7.20. The van der Waals surface area contributed by atoms with Gasteiger partial charge in [-0.2, -0.15) is 0 Å². The van der Waals surface area contributed by atoms with Crippen LogP contribution in [0.4, 0.5) is 0 Å². The molecule has 1 aliphatic heterocycles. The molecule has 14 heavy (non-hydrogen) atoms. The van der Waals surface area contributed by atoms with Crippen molar-refractivity contribution in [2.24, 2.45) is 0 Å². The molecule has 0 fully saturated rings. The van der Waals surface area contributed by atoms with Gasteiger partial charge in [0.1, 0.15) is 5.75 Å². The number of nitrogens with zero attached hydrogens (tertiary/aromatic N) is 1. The smallest absolute Gasteiger partial charge is 0.178 e. The summed E-state index contributed by atoms with van der Waals surface area (Å²) in [4.78, 5) is 14.9. The zero-order valence-electron chi connectivity index (χ0n) is 7.32. The van der Waals surface area contributed by atoms with Crippen LogP contribution >= 0.6 is 11.3 Å². The molecule has 4 heteroatoms. The van der Waals surface area contributed by atoms with Crippen LogP contribution in [0.2, 0.25) is 0 Å². The van der Waals surface area contributed by atoms with Gasteiger partial charge in [-0.25, -0.2) is 4.98 Å². The lowest BCUT2D eigenvalue weighted by Gasteiger charge is -1.96. The van der Waals surface area contributed by atoms with Crippen molar-refractivity contribution in [3.63, 3.8) is 0 Å². The van der Waals surface area contributed by atoms with E-state index in [2.05, 4.69) is 4.98 Å². The maximum absolute atomic E-state index is 10.6. The van der Waals surface area contributed by atoms with Crippen molar-refractivity contribution in [2.75, 3.05) is 6.61 Å². The lowest BCUT2D eigenvalue weighted by atomic mass is 10.1. The molecule has 1 aliphatic rings. The Bertz CT molecular complexity index is 518. The zero-order chi connectivity index (χ0) is 9.54. The number of ether oxygens (including phenoxy) is 1. The number of carbonyl (C=O) groups is 1. The molecule has 2 heterocycles.